The molecule has 12 heavy (non-hydrogen) atoms. The second-order valence-electron chi connectivity index (χ2n) is 2.26. The van der Waals surface area contributed by atoms with Gasteiger partial charge in [-0.3, -0.25) is 0 Å². The zero-order valence-corrected chi connectivity index (χ0v) is 10.2. The van der Waals surface area contributed by atoms with Crippen LogP contribution in [0, 0.1) is 0 Å². The fourth-order valence-electron chi connectivity index (χ4n) is 0.852. The van der Waals surface area contributed by atoms with Crippen LogP contribution < -0.4 is 0 Å². The molecular weight excluding hydrogens is 303 g/mol. The van der Waals surface area contributed by atoms with Crippen molar-refractivity contribution in [2.24, 2.45) is 0 Å². The summed E-state index contributed by atoms with van der Waals surface area (Å²) in [4.78, 5) is 0. The van der Waals surface area contributed by atoms with Crippen LogP contribution in [0.5, 0.6) is 0 Å². The Labute approximate surface area is 93.9 Å². The SMILES string of the molecule is ClCC=Cc1cc(Br)cc(Br)c1. The standard InChI is InChI=1S/C9H7Br2Cl/c10-8-4-7(2-1-3-12)5-9(11)6-8/h1-2,4-6H,3H2. The minimum atomic E-state index is 0.546. The van der Waals surface area contributed by atoms with E-state index in [1.807, 2.05) is 30.4 Å². The molecule has 0 heterocycles. The van der Waals surface area contributed by atoms with Crippen molar-refractivity contribution in [3.05, 3.63) is 38.8 Å². The molecule has 0 saturated heterocycles. The third-order valence-corrected chi connectivity index (χ3v) is 2.38. The van der Waals surface area contributed by atoms with Crippen LogP contribution in [0.15, 0.2) is 33.2 Å². The first-order valence-electron chi connectivity index (χ1n) is 3.41. The maximum Gasteiger partial charge on any atom is 0.0407 e. The average molecular weight is 310 g/mol. The topological polar surface area (TPSA) is 0 Å². The summed E-state index contributed by atoms with van der Waals surface area (Å²) >= 11 is 12.3. The predicted octanol–water partition coefficient (Wildman–Crippen LogP) is 4.46. The number of alkyl halides is 1. The summed E-state index contributed by atoms with van der Waals surface area (Å²) in [5, 5.41) is 0. The van der Waals surface area contributed by atoms with Crippen molar-refractivity contribution in [2.75, 3.05) is 5.88 Å². The smallest absolute Gasteiger partial charge is 0.0407 e. The van der Waals surface area contributed by atoms with Gasteiger partial charge in [0.2, 0.25) is 0 Å². The molecule has 0 atom stereocenters. The van der Waals surface area contributed by atoms with Gasteiger partial charge in [0.1, 0.15) is 0 Å². The van der Waals surface area contributed by atoms with Crippen LogP contribution in [0.25, 0.3) is 6.08 Å². The average Bonchev–Trinajstić information content (AvgIpc) is 1.99. The Kier molecular flexibility index (Phi) is 4.33. The quantitative estimate of drug-likeness (QED) is 0.707. The van der Waals surface area contributed by atoms with Crippen molar-refractivity contribution < 1.29 is 0 Å². The van der Waals surface area contributed by atoms with Gasteiger partial charge in [0, 0.05) is 14.8 Å². The Morgan fingerprint density at radius 3 is 2.25 bits per heavy atom. The highest BCUT2D eigenvalue weighted by atomic mass is 79.9. The van der Waals surface area contributed by atoms with Crippen LogP contribution in [0.2, 0.25) is 0 Å². The Morgan fingerprint density at radius 2 is 1.75 bits per heavy atom. The highest BCUT2D eigenvalue weighted by Crippen LogP contribution is 2.20. The van der Waals surface area contributed by atoms with Crippen molar-refractivity contribution in [1.29, 1.82) is 0 Å². The number of halogens is 3. The number of hydrogen-bond donors (Lipinski definition) is 0. The molecule has 0 fully saturated rings. The van der Waals surface area contributed by atoms with E-state index in [1.54, 1.807) is 0 Å². The largest absolute Gasteiger partial charge is 0.122 e. The van der Waals surface area contributed by atoms with E-state index in [9.17, 15) is 0 Å². The van der Waals surface area contributed by atoms with E-state index in [1.165, 1.54) is 0 Å². The van der Waals surface area contributed by atoms with Crippen LogP contribution in [0.1, 0.15) is 5.56 Å². The normalized spacial score (nSPS) is 10.9. The van der Waals surface area contributed by atoms with E-state index in [0.29, 0.717) is 5.88 Å². The first-order valence-corrected chi connectivity index (χ1v) is 5.53. The first kappa shape index (κ1) is 10.3. The molecule has 0 amide bonds. The summed E-state index contributed by atoms with van der Waals surface area (Å²) in [5.74, 6) is 0.546. The van der Waals surface area contributed by atoms with Gasteiger partial charge in [-0.15, -0.1) is 11.6 Å². The molecule has 0 nitrogen and oxygen atoms in total. The second-order valence-corrected chi connectivity index (χ2v) is 4.40. The molecule has 0 radical (unpaired) electrons. The molecular formula is C9H7Br2Cl. The van der Waals surface area contributed by atoms with Crippen LogP contribution in [-0.4, -0.2) is 5.88 Å². The molecule has 0 bridgehead atoms. The summed E-state index contributed by atoms with van der Waals surface area (Å²) in [6, 6.07) is 6.07. The van der Waals surface area contributed by atoms with Gasteiger partial charge in [0.25, 0.3) is 0 Å². The Hall–Kier alpha value is 0.210. The second kappa shape index (κ2) is 5.05. The molecule has 64 valence electrons. The molecule has 0 saturated carbocycles. The maximum absolute atomic E-state index is 5.52. The zero-order valence-electron chi connectivity index (χ0n) is 6.23. The fraction of sp³-hybridized carbons (Fsp3) is 0.111. The molecule has 3 heteroatoms. The first-order chi connectivity index (χ1) is 5.72. The molecule has 0 aliphatic heterocycles. The third-order valence-electron chi connectivity index (χ3n) is 1.28. The molecule has 0 aliphatic rings. The van der Waals surface area contributed by atoms with E-state index in [4.69, 9.17) is 11.6 Å². The molecule has 0 aliphatic carbocycles. The molecule has 1 rings (SSSR count). The number of rotatable bonds is 2. The summed E-state index contributed by atoms with van der Waals surface area (Å²) in [7, 11) is 0. The van der Waals surface area contributed by atoms with Gasteiger partial charge in [-0.25, -0.2) is 0 Å². The summed E-state index contributed by atoms with van der Waals surface area (Å²) in [6.07, 6.45) is 3.90. The fourth-order valence-corrected chi connectivity index (χ4v) is 2.27. The maximum atomic E-state index is 5.52. The molecule has 1 aromatic carbocycles. The minimum Gasteiger partial charge on any atom is -0.122 e. The van der Waals surface area contributed by atoms with E-state index in [0.717, 1.165) is 14.5 Å². The monoisotopic (exact) mass is 308 g/mol. The van der Waals surface area contributed by atoms with Crippen LogP contribution in [0.3, 0.4) is 0 Å². The molecule has 0 spiro atoms. The number of benzene rings is 1. The predicted molar refractivity (Wildman–Crippen MR) is 61.6 cm³/mol. The van der Waals surface area contributed by atoms with Crippen molar-refractivity contribution >= 4 is 49.5 Å². The van der Waals surface area contributed by atoms with Gasteiger partial charge in [-0.1, -0.05) is 44.0 Å². The Morgan fingerprint density at radius 1 is 1.17 bits per heavy atom. The van der Waals surface area contributed by atoms with Crippen LogP contribution >= 0.6 is 43.5 Å². The van der Waals surface area contributed by atoms with E-state index in [-0.39, 0.29) is 0 Å². The Bertz CT molecular complexity index is 274. The lowest BCUT2D eigenvalue weighted by Gasteiger charge is -1.96. The van der Waals surface area contributed by atoms with Gasteiger partial charge < -0.3 is 0 Å². The van der Waals surface area contributed by atoms with Crippen molar-refractivity contribution in [3.8, 4) is 0 Å². The van der Waals surface area contributed by atoms with E-state index < -0.39 is 0 Å². The van der Waals surface area contributed by atoms with Crippen LogP contribution in [-0.2, 0) is 0 Å². The summed E-state index contributed by atoms with van der Waals surface area (Å²) in [6.45, 7) is 0. The molecule has 1 aromatic rings. The third kappa shape index (κ3) is 3.30. The van der Waals surface area contributed by atoms with Gasteiger partial charge in [-0.05, 0) is 23.8 Å². The van der Waals surface area contributed by atoms with Crippen molar-refractivity contribution in [1.82, 2.24) is 0 Å². The molecule has 0 unspecified atom stereocenters. The van der Waals surface area contributed by atoms with E-state index >= 15 is 0 Å². The Balaban J connectivity index is 2.93. The minimum absolute atomic E-state index is 0.546. The van der Waals surface area contributed by atoms with Gasteiger partial charge in [-0.2, -0.15) is 0 Å². The van der Waals surface area contributed by atoms with Crippen molar-refractivity contribution in [2.45, 2.75) is 0 Å². The highest BCUT2D eigenvalue weighted by molar-refractivity contribution is 9.11. The summed E-state index contributed by atoms with van der Waals surface area (Å²) < 4.78 is 2.12. The van der Waals surface area contributed by atoms with Crippen molar-refractivity contribution in [3.63, 3.8) is 0 Å². The van der Waals surface area contributed by atoms with Gasteiger partial charge in [0.05, 0.1) is 0 Å². The zero-order chi connectivity index (χ0) is 8.97. The number of allylic oxidation sites excluding steroid dienone is 1. The lowest BCUT2D eigenvalue weighted by molar-refractivity contribution is 1.56. The molecule has 0 N–H and O–H groups in total. The van der Waals surface area contributed by atoms with Gasteiger partial charge in [0.15, 0.2) is 0 Å². The number of hydrogen-bond acceptors (Lipinski definition) is 0. The lowest BCUT2D eigenvalue weighted by Crippen LogP contribution is -1.74. The van der Waals surface area contributed by atoms with Gasteiger partial charge >= 0.3 is 0 Å². The lowest BCUT2D eigenvalue weighted by atomic mass is 10.2. The highest BCUT2D eigenvalue weighted by Gasteiger charge is 1.93. The summed E-state index contributed by atoms with van der Waals surface area (Å²) in [5.41, 5.74) is 1.14. The van der Waals surface area contributed by atoms with E-state index in [2.05, 4.69) is 31.9 Å². The molecule has 0 aromatic heterocycles. The van der Waals surface area contributed by atoms with Crippen LogP contribution in [0.4, 0.5) is 0 Å².